The van der Waals surface area contributed by atoms with Crippen LogP contribution in [-0.4, -0.2) is 23.0 Å². The summed E-state index contributed by atoms with van der Waals surface area (Å²) in [6, 6.07) is 5.52. The van der Waals surface area contributed by atoms with Crippen molar-refractivity contribution in [1.29, 1.82) is 0 Å². The summed E-state index contributed by atoms with van der Waals surface area (Å²) in [7, 11) is 0. The third kappa shape index (κ3) is 2.02. The van der Waals surface area contributed by atoms with Crippen LogP contribution >= 0.6 is 0 Å². The van der Waals surface area contributed by atoms with Crippen LogP contribution in [0.25, 0.3) is 11.5 Å². The maximum atomic E-state index is 5.69. The van der Waals surface area contributed by atoms with Crippen molar-refractivity contribution in [3.8, 4) is 23.0 Å². The summed E-state index contributed by atoms with van der Waals surface area (Å²) in [5.74, 6) is 2.50. The molecular weight excluding hydrogens is 234 g/mol. The van der Waals surface area contributed by atoms with Gasteiger partial charge in [-0.05, 0) is 25.1 Å². The van der Waals surface area contributed by atoms with Crippen molar-refractivity contribution in [3.05, 3.63) is 24.0 Å². The molecule has 0 amide bonds. The molecule has 94 valence electrons. The average molecular weight is 247 g/mol. The van der Waals surface area contributed by atoms with E-state index < -0.39 is 0 Å². The fourth-order valence-electron chi connectivity index (χ4n) is 1.77. The zero-order valence-electron chi connectivity index (χ0n) is 9.92. The molecule has 1 aromatic carbocycles. The van der Waals surface area contributed by atoms with Crippen LogP contribution in [0.3, 0.4) is 0 Å². The van der Waals surface area contributed by atoms with E-state index in [1.165, 1.54) is 0 Å². The van der Waals surface area contributed by atoms with Gasteiger partial charge in [-0.3, -0.25) is 0 Å². The molecule has 2 N–H and O–H groups in total. The molecule has 6 nitrogen and oxygen atoms in total. The summed E-state index contributed by atoms with van der Waals surface area (Å²) < 4.78 is 15.7. The Balaban J connectivity index is 1.88. The van der Waals surface area contributed by atoms with E-state index in [0.29, 0.717) is 23.9 Å². The first-order chi connectivity index (χ1) is 8.72. The Morgan fingerprint density at radius 2 is 2.17 bits per heavy atom. The molecule has 6 heteroatoms. The van der Waals surface area contributed by atoms with Crippen LogP contribution in [0.1, 0.15) is 12.7 Å². The lowest BCUT2D eigenvalue weighted by Crippen LogP contribution is -2.18. The van der Waals surface area contributed by atoms with Gasteiger partial charge in [0, 0.05) is 18.0 Å². The summed E-state index contributed by atoms with van der Waals surface area (Å²) in [5.41, 5.74) is 6.50. The fraction of sp³-hybridized carbons (Fsp3) is 0.333. The molecule has 1 atom stereocenters. The minimum absolute atomic E-state index is 0.00667. The molecule has 0 aliphatic carbocycles. The number of hydrogen-bond donors (Lipinski definition) is 1. The third-order valence-electron chi connectivity index (χ3n) is 2.59. The number of rotatable bonds is 3. The Kier molecular flexibility index (Phi) is 2.64. The van der Waals surface area contributed by atoms with Crippen LogP contribution in [0.4, 0.5) is 0 Å². The first-order valence-electron chi connectivity index (χ1n) is 5.70. The molecule has 18 heavy (non-hydrogen) atoms. The highest BCUT2D eigenvalue weighted by Crippen LogP contribution is 2.35. The number of ether oxygens (including phenoxy) is 2. The van der Waals surface area contributed by atoms with Crippen LogP contribution in [0.2, 0.25) is 0 Å². The zero-order valence-corrected chi connectivity index (χ0v) is 9.92. The van der Waals surface area contributed by atoms with Crippen molar-refractivity contribution in [2.75, 3.05) is 6.79 Å². The lowest BCUT2D eigenvalue weighted by molar-refractivity contribution is 0.174. The maximum absolute atomic E-state index is 5.69. The van der Waals surface area contributed by atoms with Gasteiger partial charge < -0.3 is 19.7 Å². The smallest absolute Gasteiger partial charge is 0.258 e. The van der Waals surface area contributed by atoms with E-state index in [0.717, 1.165) is 11.3 Å². The molecule has 0 spiro atoms. The predicted octanol–water partition coefficient (Wildman–Crippen LogP) is 1.35. The highest BCUT2D eigenvalue weighted by Gasteiger charge is 2.16. The van der Waals surface area contributed by atoms with Gasteiger partial charge in [0.1, 0.15) is 0 Å². The number of nitrogens with zero attached hydrogens (tertiary/aromatic N) is 2. The number of nitrogens with two attached hydrogens (primary N) is 1. The van der Waals surface area contributed by atoms with Gasteiger partial charge in [-0.2, -0.15) is 4.98 Å². The summed E-state index contributed by atoms with van der Waals surface area (Å²) in [4.78, 5) is 4.29. The number of hydrogen-bond acceptors (Lipinski definition) is 6. The largest absolute Gasteiger partial charge is 0.454 e. The van der Waals surface area contributed by atoms with Crippen LogP contribution in [-0.2, 0) is 6.42 Å². The predicted molar refractivity (Wildman–Crippen MR) is 63.2 cm³/mol. The monoisotopic (exact) mass is 247 g/mol. The summed E-state index contributed by atoms with van der Waals surface area (Å²) in [6.45, 7) is 2.15. The highest BCUT2D eigenvalue weighted by molar-refractivity contribution is 5.60. The van der Waals surface area contributed by atoms with Gasteiger partial charge in [0.2, 0.25) is 6.79 Å². The molecule has 2 heterocycles. The third-order valence-corrected chi connectivity index (χ3v) is 2.59. The maximum Gasteiger partial charge on any atom is 0.258 e. The van der Waals surface area contributed by atoms with Gasteiger partial charge in [0.15, 0.2) is 17.3 Å². The van der Waals surface area contributed by atoms with Gasteiger partial charge in [-0.1, -0.05) is 5.16 Å². The molecule has 1 aromatic heterocycles. The number of benzene rings is 1. The Bertz CT molecular complexity index is 565. The SMILES string of the molecule is CC(N)Cc1noc(-c2ccc3c(c2)OCO3)n1. The Hall–Kier alpha value is -2.08. The first kappa shape index (κ1) is 11.0. The van der Waals surface area contributed by atoms with Crippen molar-refractivity contribution in [3.63, 3.8) is 0 Å². The average Bonchev–Trinajstić information content (AvgIpc) is 2.95. The molecule has 2 aromatic rings. The van der Waals surface area contributed by atoms with Crippen LogP contribution in [0.5, 0.6) is 11.5 Å². The van der Waals surface area contributed by atoms with Gasteiger partial charge >= 0.3 is 0 Å². The standard InChI is InChI=1S/C12H13N3O3/c1-7(13)4-11-14-12(18-15-11)8-2-3-9-10(5-8)17-6-16-9/h2-3,5,7H,4,6,13H2,1H3. The lowest BCUT2D eigenvalue weighted by Gasteiger charge is -1.98. The van der Waals surface area contributed by atoms with Crippen LogP contribution in [0, 0.1) is 0 Å². The molecule has 0 saturated carbocycles. The van der Waals surface area contributed by atoms with E-state index in [-0.39, 0.29) is 12.8 Å². The summed E-state index contributed by atoms with van der Waals surface area (Å²) in [5, 5.41) is 3.89. The molecule has 0 bridgehead atoms. The zero-order chi connectivity index (χ0) is 12.5. The van der Waals surface area contributed by atoms with Gasteiger partial charge in [-0.25, -0.2) is 0 Å². The normalized spacial score (nSPS) is 14.8. The quantitative estimate of drug-likeness (QED) is 0.881. The van der Waals surface area contributed by atoms with Gasteiger partial charge in [0.05, 0.1) is 0 Å². The topological polar surface area (TPSA) is 83.4 Å². The summed E-state index contributed by atoms with van der Waals surface area (Å²) >= 11 is 0. The molecular formula is C12H13N3O3. The molecule has 1 unspecified atom stereocenters. The van der Waals surface area contributed by atoms with Crippen molar-refractivity contribution in [1.82, 2.24) is 10.1 Å². The van der Waals surface area contributed by atoms with Crippen molar-refractivity contribution in [2.24, 2.45) is 5.73 Å². The van der Waals surface area contributed by atoms with Gasteiger partial charge in [0.25, 0.3) is 5.89 Å². The van der Waals surface area contributed by atoms with Crippen LogP contribution < -0.4 is 15.2 Å². The van der Waals surface area contributed by atoms with Crippen molar-refractivity contribution >= 4 is 0 Å². The number of aromatic nitrogens is 2. The van der Waals surface area contributed by atoms with E-state index >= 15 is 0 Å². The summed E-state index contributed by atoms with van der Waals surface area (Å²) in [6.07, 6.45) is 0.591. The second kappa shape index (κ2) is 4.30. The van der Waals surface area contributed by atoms with E-state index in [2.05, 4.69) is 10.1 Å². The molecule has 3 rings (SSSR count). The minimum Gasteiger partial charge on any atom is -0.454 e. The second-order valence-corrected chi connectivity index (χ2v) is 4.27. The fourth-order valence-corrected chi connectivity index (χ4v) is 1.77. The second-order valence-electron chi connectivity index (χ2n) is 4.27. The van der Waals surface area contributed by atoms with Gasteiger partial charge in [-0.15, -0.1) is 0 Å². The molecule has 0 saturated heterocycles. The molecule has 0 radical (unpaired) electrons. The Morgan fingerprint density at radius 1 is 1.33 bits per heavy atom. The first-order valence-corrected chi connectivity index (χ1v) is 5.70. The van der Waals surface area contributed by atoms with E-state index in [9.17, 15) is 0 Å². The molecule has 1 aliphatic rings. The van der Waals surface area contributed by atoms with E-state index in [1.54, 1.807) is 0 Å². The van der Waals surface area contributed by atoms with Crippen molar-refractivity contribution < 1.29 is 14.0 Å². The minimum atomic E-state index is 0.00667. The van der Waals surface area contributed by atoms with E-state index in [4.69, 9.17) is 19.7 Å². The molecule has 1 aliphatic heterocycles. The Morgan fingerprint density at radius 3 is 3.00 bits per heavy atom. The Labute approximate surface area is 104 Å². The molecule has 0 fully saturated rings. The van der Waals surface area contributed by atoms with E-state index in [1.807, 2.05) is 25.1 Å². The van der Waals surface area contributed by atoms with Crippen molar-refractivity contribution in [2.45, 2.75) is 19.4 Å². The van der Waals surface area contributed by atoms with Crippen LogP contribution in [0.15, 0.2) is 22.7 Å². The highest BCUT2D eigenvalue weighted by atomic mass is 16.7. The number of fused-ring (bicyclic) bond motifs is 1. The lowest BCUT2D eigenvalue weighted by atomic mass is 10.2.